The highest BCUT2D eigenvalue weighted by atomic mass is 16.6. The Kier molecular flexibility index (Phi) is 5.11. The molecule has 1 aromatic heterocycles. The Morgan fingerprint density at radius 2 is 1.67 bits per heavy atom. The van der Waals surface area contributed by atoms with Crippen molar-refractivity contribution in [1.29, 1.82) is 0 Å². The lowest BCUT2D eigenvalue weighted by molar-refractivity contribution is -0.144. The minimum Gasteiger partial charge on any atom is -0.486 e. The Morgan fingerprint density at radius 1 is 0.889 bits per heavy atom. The van der Waals surface area contributed by atoms with Crippen molar-refractivity contribution in [3.63, 3.8) is 0 Å². The van der Waals surface area contributed by atoms with E-state index in [1.54, 1.807) is 0 Å². The Balaban J connectivity index is 1.34. The first-order valence-electron chi connectivity index (χ1n) is 12.8. The van der Waals surface area contributed by atoms with E-state index in [1.807, 2.05) is 4.57 Å². The number of hydrogen-bond donors (Lipinski definition) is 0. The molecular weight excluding hydrogens is 460 g/mol. The molecule has 5 aliphatic heterocycles. The fraction of sp³-hybridized carbons (Fsp3) is 0.481. The van der Waals surface area contributed by atoms with Crippen LogP contribution in [0.2, 0.25) is 0 Å². The maximum Gasteiger partial charge on any atom is 0.306 e. The minimum atomic E-state index is -0.244. The third-order valence-electron chi connectivity index (χ3n) is 8.04. The standard InChI is InChI=1S/C27H30N4O5/c1-28-4-6-29(7-5-28)16-31-21-13-24-23(34-8-9-35-24)12-18(21)10-19-14-30-22(26(19)31)11-17-2-3-25(32)36-15-20(17)27(30)33/h11-13H,2-10,14-16H2,1H3. The van der Waals surface area contributed by atoms with E-state index in [9.17, 15) is 9.59 Å². The van der Waals surface area contributed by atoms with E-state index >= 15 is 0 Å². The topological polar surface area (TPSA) is 76.5 Å². The summed E-state index contributed by atoms with van der Waals surface area (Å²) in [6.07, 6.45) is 1.61. The van der Waals surface area contributed by atoms with Gasteiger partial charge in [0.25, 0.3) is 5.56 Å². The Labute approximate surface area is 209 Å². The highest BCUT2D eigenvalue weighted by Gasteiger charge is 2.36. The molecule has 6 heterocycles. The summed E-state index contributed by atoms with van der Waals surface area (Å²) in [5.74, 6) is 1.33. The highest BCUT2D eigenvalue weighted by Crippen LogP contribution is 2.46. The summed E-state index contributed by atoms with van der Waals surface area (Å²) in [4.78, 5) is 32.7. The Bertz CT molecular complexity index is 1350. The molecule has 9 heteroatoms. The smallest absolute Gasteiger partial charge is 0.306 e. The van der Waals surface area contributed by atoms with Gasteiger partial charge in [-0.05, 0) is 48.7 Å². The quantitative estimate of drug-likeness (QED) is 0.588. The molecule has 0 N–H and O–H groups in total. The molecule has 0 radical (unpaired) electrons. The van der Waals surface area contributed by atoms with Gasteiger partial charge in [-0.25, -0.2) is 0 Å². The molecule has 0 unspecified atom stereocenters. The van der Waals surface area contributed by atoms with Crippen LogP contribution < -0.4 is 19.9 Å². The summed E-state index contributed by atoms with van der Waals surface area (Å²) in [5.41, 5.74) is 7.12. The number of ether oxygens (including phenoxy) is 3. The largest absolute Gasteiger partial charge is 0.486 e. The van der Waals surface area contributed by atoms with Crippen LogP contribution in [-0.2, 0) is 35.5 Å². The van der Waals surface area contributed by atoms with Crippen LogP contribution in [0.3, 0.4) is 0 Å². The lowest BCUT2D eigenvalue weighted by atomic mass is 9.95. The number of aromatic nitrogens is 1. The highest BCUT2D eigenvalue weighted by molar-refractivity contribution is 5.87. The normalized spacial score (nSPS) is 21.4. The number of hydrogen-bond acceptors (Lipinski definition) is 8. The molecule has 1 fully saturated rings. The molecule has 7 rings (SSSR count). The van der Waals surface area contributed by atoms with Gasteiger partial charge in [0.15, 0.2) is 11.5 Å². The maximum absolute atomic E-state index is 13.6. The van der Waals surface area contributed by atoms with Gasteiger partial charge in [-0.2, -0.15) is 0 Å². The van der Waals surface area contributed by atoms with Crippen LogP contribution in [0.15, 0.2) is 28.6 Å². The lowest BCUT2D eigenvalue weighted by Gasteiger charge is -2.40. The molecule has 0 aliphatic carbocycles. The first-order valence-corrected chi connectivity index (χ1v) is 12.8. The summed E-state index contributed by atoms with van der Waals surface area (Å²) >= 11 is 0. The summed E-state index contributed by atoms with van der Waals surface area (Å²) in [6, 6.07) is 6.35. The van der Waals surface area contributed by atoms with Crippen LogP contribution in [0, 0.1) is 0 Å². The SMILES string of the molecule is CN1CCN(CN2C3=C(Cc4cc5c(cc42)OCCO5)Cn2c3cc3c(c2=O)COC(=O)CC3)CC1. The van der Waals surface area contributed by atoms with Crippen LogP contribution >= 0.6 is 0 Å². The number of nitrogens with zero attached hydrogens (tertiary/aromatic N) is 4. The summed E-state index contributed by atoms with van der Waals surface area (Å²) < 4.78 is 19.0. The molecule has 188 valence electrons. The summed E-state index contributed by atoms with van der Waals surface area (Å²) in [5, 5.41) is 0. The van der Waals surface area contributed by atoms with Crippen LogP contribution in [0.25, 0.3) is 5.70 Å². The van der Waals surface area contributed by atoms with E-state index in [1.165, 1.54) is 11.1 Å². The predicted octanol–water partition coefficient (Wildman–Crippen LogP) is 1.60. The van der Waals surface area contributed by atoms with Gasteiger partial charge in [0.1, 0.15) is 19.8 Å². The number of rotatable bonds is 2. The average molecular weight is 491 g/mol. The molecule has 0 atom stereocenters. The van der Waals surface area contributed by atoms with Gasteiger partial charge in [-0.1, -0.05) is 0 Å². The van der Waals surface area contributed by atoms with Gasteiger partial charge < -0.3 is 28.6 Å². The van der Waals surface area contributed by atoms with E-state index in [4.69, 9.17) is 14.2 Å². The molecule has 1 aromatic carbocycles. The van der Waals surface area contributed by atoms with Crippen molar-refractivity contribution in [2.45, 2.75) is 32.4 Å². The maximum atomic E-state index is 13.6. The minimum absolute atomic E-state index is 0.0406. The molecule has 0 saturated carbocycles. The molecule has 5 aliphatic rings. The zero-order chi connectivity index (χ0) is 24.4. The first kappa shape index (κ1) is 21.9. The number of likely N-dealkylation sites (N-methyl/N-ethyl adjacent to an activating group) is 1. The zero-order valence-corrected chi connectivity index (χ0v) is 20.5. The predicted molar refractivity (Wildman–Crippen MR) is 133 cm³/mol. The van der Waals surface area contributed by atoms with E-state index in [-0.39, 0.29) is 18.1 Å². The van der Waals surface area contributed by atoms with E-state index in [0.717, 1.165) is 73.4 Å². The van der Waals surface area contributed by atoms with E-state index in [0.29, 0.717) is 38.2 Å². The molecule has 0 bridgehead atoms. The van der Waals surface area contributed by atoms with Gasteiger partial charge >= 0.3 is 5.97 Å². The fourth-order valence-electron chi connectivity index (χ4n) is 6.05. The van der Waals surface area contributed by atoms with Gasteiger partial charge in [0.05, 0.1) is 23.6 Å². The Morgan fingerprint density at radius 3 is 2.47 bits per heavy atom. The monoisotopic (exact) mass is 490 g/mol. The van der Waals surface area contributed by atoms with Crippen molar-refractivity contribution in [2.75, 3.05) is 58.0 Å². The van der Waals surface area contributed by atoms with Crippen molar-refractivity contribution < 1.29 is 19.0 Å². The third kappa shape index (κ3) is 3.52. The lowest BCUT2D eigenvalue weighted by Crippen LogP contribution is -2.49. The van der Waals surface area contributed by atoms with Crippen LogP contribution in [0.5, 0.6) is 11.5 Å². The number of carbonyl (C=O) groups excluding carboxylic acids is 1. The third-order valence-corrected chi connectivity index (χ3v) is 8.04. The van der Waals surface area contributed by atoms with E-state index in [2.05, 4.69) is 39.9 Å². The van der Waals surface area contributed by atoms with Crippen LogP contribution in [0.4, 0.5) is 5.69 Å². The Hall–Kier alpha value is -3.30. The number of allylic oxidation sites excluding steroid dienone is 1. The van der Waals surface area contributed by atoms with Crippen molar-refractivity contribution in [3.8, 4) is 11.5 Å². The number of pyridine rings is 1. The molecule has 36 heavy (non-hydrogen) atoms. The van der Waals surface area contributed by atoms with Crippen LogP contribution in [-0.4, -0.2) is 73.4 Å². The molecule has 0 spiro atoms. The molecule has 2 aromatic rings. The van der Waals surface area contributed by atoms with Gasteiger partial charge in [-0.3, -0.25) is 14.5 Å². The fourth-order valence-corrected chi connectivity index (χ4v) is 6.05. The molecule has 9 nitrogen and oxygen atoms in total. The van der Waals surface area contributed by atoms with Crippen molar-refractivity contribution in [3.05, 3.63) is 56.5 Å². The second kappa shape index (κ2) is 8.38. The number of benzene rings is 1. The molecule has 1 saturated heterocycles. The van der Waals surface area contributed by atoms with Gasteiger partial charge in [-0.15, -0.1) is 0 Å². The number of cyclic esters (lactones) is 1. The van der Waals surface area contributed by atoms with E-state index < -0.39 is 0 Å². The summed E-state index contributed by atoms with van der Waals surface area (Å²) in [7, 11) is 2.16. The van der Waals surface area contributed by atoms with Crippen molar-refractivity contribution >= 4 is 17.4 Å². The van der Waals surface area contributed by atoms with Gasteiger partial charge in [0.2, 0.25) is 0 Å². The molecular formula is C27H30N4O5. The summed E-state index contributed by atoms with van der Waals surface area (Å²) in [6.45, 7) is 6.51. The number of anilines is 1. The number of esters is 1. The second-order valence-electron chi connectivity index (χ2n) is 10.3. The van der Waals surface area contributed by atoms with Crippen molar-refractivity contribution in [2.24, 2.45) is 0 Å². The zero-order valence-electron chi connectivity index (χ0n) is 20.5. The van der Waals surface area contributed by atoms with Gasteiger partial charge in [0, 0.05) is 50.9 Å². The number of carbonyl (C=O) groups is 1. The number of aryl methyl sites for hydroxylation is 1. The number of piperazine rings is 1. The molecule has 0 amide bonds. The second-order valence-corrected chi connectivity index (χ2v) is 10.3. The first-order chi connectivity index (χ1) is 17.5. The average Bonchev–Trinajstić information content (AvgIpc) is 3.14. The van der Waals surface area contributed by atoms with Crippen molar-refractivity contribution in [1.82, 2.24) is 14.4 Å². The number of fused-ring (bicyclic) bond motifs is 5. The van der Waals surface area contributed by atoms with Crippen LogP contribution in [0.1, 0.15) is 28.8 Å².